The van der Waals surface area contributed by atoms with Crippen LogP contribution in [0.4, 0.5) is 10.5 Å². The first kappa shape index (κ1) is 16.3. The maximum Gasteiger partial charge on any atom is 0.329 e. The van der Waals surface area contributed by atoms with Crippen LogP contribution in [0.15, 0.2) is 18.2 Å². The SMILES string of the molecule is CCN(C(=O)Nc1c(C)cccc1Cl)C(C)(C)C(=O)O. The highest BCUT2D eigenvalue weighted by Gasteiger charge is 2.37. The first-order valence-electron chi connectivity index (χ1n) is 6.29. The number of amides is 2. The summed E-state index contributed by atoms with van der Waals surface area (Å²) in [6.07, 6.45) is 0. The van der Waals surface area contributed by atoms with Gasteiger partial charge in [0.25, 0.3) is 0 Å². The Morgan fingerprint density at radius 2 is 2.00 bits per heavy atom. The van der Waals surface area contributed by atoms with Crippen LogP contribution in [0.2, 0.25) is 5.02 Å². The number of benzene rings is 1. The van der Waals surface area contributed by atoms with Gasteiger partial charge in [-0.3, -0.25) is 0 Å². The van der Waals surface area contributed by atoms with Crippen LogP contribution in [0.3, 0.4) is 0 Å². The van der Waals surface area contributed by atoms with Crippen molar-refractivity contribution in [2.45, 2.75) is 33.2 Å². The molecule has 0 atom stereocenters. The van der Waals surface area contributed by atoms with Crippen LogP contribution in [-0.4, -0.2) is 34.1 Å². The zero-order chi connectivity index (χ0) is 15.5. The molecule has 0 heterocycles. The number of carbonyl (C=O) groups is 2. The Balaban J connectivity index is 3.03. The summed E-state index contributed by atoms with van der Waals surface area (Å²) in [4.78, 5) is 24.8. The van der Waals surface area contributed by atoms with Crippen LogP contribution < -0.4 is 5.32 Å². The molecule has 0 aliphatic rings. The van der Waals surface area contributed by atoms with E-state index < -0.39 is 17.5 Å². The molecule has 0 saturated heterocycles. The summed E-state index contributed by atoms with van der Waals surface area (Å²) < 4.78 is 0. The highest BCUT2D eigenvalue weighted by molar-refractivity contribution is 6.33. The molecule has 0 spiro atoms. The molecule has 2 amide bonds. The van der Waals surface area contributed by atoms with E-state index in [1.54, 1.807) is 19.1 Å². The first-order valence-corrected chi connectivity index (χ1v) is 6.66. The Labute approximate surface area is 123 Å². The van der Waals surface area contributed by atoms with Crippen molar-refractivity contribution in [1.82, 2.24) is 4.90 Å². The molecule has 1 aromatic carbocycles. The van der Waals surface area contributed by atoms with E-state index in [0.717, 1.165) is 5.56 Å². The Kier molecular flexibility index (Phi) is 5.00. The lowest BCUT2D eigenvalue weighted by atomic mass is 10.0. The van der Waals surface area contributed by atoms with Crippen molar-refractivity contribution in [1.29, 1.82) is 0 Å². The van der Waals surface area contributed by atoms with Gasteiger partial charge in [0.1, 0.15) is 5.54 Å². The fourth-order valence-corrected chi connectivity index (χ4v) is 2.14. The Bertz CT molecular complexity index is 509. The zero-order valence-electron chi connectivity index (χ0n) is 12.0. The maximum absolute atomic E-state index is 12.3. The standard InChI is InChI=1S/C14H19ClN2O3/c1-5-17(14(3,4)12(18)19)13(20)16-11-9(2)7-6-8-10(11)15/h6-8H,5H2,1-4H3,(H,16,20)(H,18,19). The minimum atomic E-state index is -1.30. The van der Waals surface area contributed by atoms with E-state index in [9.17, 15) is 14.7 Å². The molecule has 0 fully saturated rings. The molecular weight excluding hydrogens is 280 g/mol. The van der Waals surface area contributed by atoms with Gasteiger partial charge in [-0.05, 0) is 39.3 Å². The smallest absolute Gasteiger partial charge is 0.329 e. The van der Waals surface area contributed by atoms with Crippen LogP contribution in [0, 0.1) is 6.92 Å². The second-order valence-electron chi connectivity index (χ2n) is 4.97. The van der Waals surface area contributed by atoms with Crippen molar-refractivity contribution >= 4 is 29.3 Å². The molecule has 0 aliphatic carbocycles. The van der Waals surface area contributed by atoms with Crippen LogP contribution in [0.5, 0.6) is 0 Å². The summed E-state index contributed by atoms with van der Waals surface area (Å²) in [5.41, 5.74) is 0.0161. The molecule has 6 heteroatoms. The second-order valence-corrected chi connectivity index (χ2v) is 5.38. The van der Waals surface area contributed by atoms with Crippen LogP contribution in [-0.2, 0) is 4.79 Å². The van der Waals surface area contributed by atoms with E-state index in [1.807, 2.05) is 13.0 Å². The maximum atomic E-state index is 12.3. The molecule has 1 rings (SSSR count). The molecule has 0 unspecified atom stereocenters. The minimum Gasteiger partial charge on any atom is -0.480 e. The first-order chi connectivity index (χ1) is 9.21. The van der Waals surface area contributed by atoms with Gasteiger partial charge in [0.2, 0.25) is 0 Å². The number of carbonyl (C=O) groups excluding carboxylic acids is 1. The fraction of sp³-hybridized carbons (Fsp3) is 0.429. The number of halogens is 1. The number of rotatable bonds is 4. The van der Waals surface area contributed by atoms with E-state index >= 15 is 0 Å². The highest BCUT2D eigenvalue weighted by atomic mass is 35.5. The average molecular weight is 299 g/mol. The van der Waals surface area contributed by atoms with Crippen molar-refractivity contribution in [3.8, 4) is 0 Å². The third-order valence-corrected chi connectivity index (χ3v) is 3.53. The number of para-hydroxylation sites is 1. The molecule has 110 valence electrons. The molecule has 2 N–H and O–H groups in total. The number of carboxylic acids is 1. The van der Waals surface area contributed by atoms with Gasteiger partial charge < -0.3 is 15.3 Å². The van der Waals surface area contributed by atoms with Gasteiger partial charge in [-0.1, -0.05) is 23.7 Å². The summed E-state index contributed by atoms with van der Waals surface area (Å²) >= 11 is 6.05. The number of urea groups is 1. The number of hydrogen-bond acceptors (Lipinski definition) is 2. The number of anilines is 1. The summed E-state index contributed by atoms with van der Waals surface area (Å²) in [5.74, 6) is -1.06. The predicted molar refractivity (Wildman–Crippen MR) is 79.3 cm³/mol. The van der Waals surface area contributed by atoms with E-state index in [2.05, 4.69) is 5.32 Å². The monoisotopic (exact) mass is 298 g/mol. The number of likely N-dealkylation sites (N-methyl/N-ethyl adjacent to an activating group) is 1. The number of aryl methyl sites for hydroxylation is 1. The third kappa shape index (κ3) is 3.22. The summed E-state index contributed by atoms with van der Waals surface area (Å²) in [5, 5.41) is 12.3. The van der Waals surface area contributed by atoms with Crippen molar-refractivity contribution in [2.75, 3.05) is 11.9 Å². The van der Waals surface area contributed by atoms with Crippen LogP contribution >= 0.6 is 11.6 Å². The Hall–Kier alpha value is -1.75. The van der Waals surface area contributed by atoms with Crippen molar-refractivity contribution in [3.63, 3.8) is 0 Å². The van der Waals surface area contributed by atoms with Crippen LogP contribution in [0.1, 0.15) is 26.3 Å². The van der Waals surface area contributed by atoms with Gasteiger partial charge in [0, 0.05) is 6.54 Å². The number of nitrogens with one attached hydrogen (secondary N) is 1. The van der Waals surface area contributed by atoms with Gasteiger partial charge >= 0.3 is 12.0 Å². The molecule has 0 bridgehead atoms. The molecule has 20 heavy (non-hydrogen) atoms. The number of carboxylic acid groups (broad SMARTS) is 1. The molecule has 5 nitrogen and oxygen atoms in total. The van der Waals surface area contributed by atoms with Crippen molar-refractivity contribution in [3.05, 3.63) is 28.8 Å². The number of aliphatic carboxylic acids is 1. The quantitative estimate of drug-likeness (QED) is 0.895. The second kappa shape index (κ2) is 6.13. The molecule has 0 aliphatic heterocycles. The molecule has 0 radical (unpaired) electrons. The summed E-state index contributed by atoms with van der Waals surface area (Å²) in [6.45, 7) is 6.79. The largest absolute Gasteiger partial charge is 0.480 e. The van der Waals surface area contributed by atoms with E-state index in [0.29, 0.717) is 10.7 Å². The van der Waals surface area contributed by atoms with E-state index in [1.165, 1.54) is 18.7 Å². The van der Waals surface area contributed by atoms with Gasteiger partial charge in [-0.25, -0.2) is 9.59 Å². The molecule has 0 aromatic heterocycles. The molecule has 1 aromatic rings. The average Bonchev–Trinajstić information content (AvgIpc) is 2.34. The Morgan fingerprint density at radius 3 is 2.45 bits per heavy atom. The molecular formula is C14H19ClN2O3. The lowest BCUT2D eigenvalue weighted by molar-refractivity contribution is -0.147. The Morgan fingerprint density at radius 1 is 1.40 bits per heavy atom. The van der Waals surface area contributed by atoms with Crippen LogP contribution in [0.25, 0.3) is 0 Å². The van der Waals surface area contributed by atoms with Gasteiger partial charge in [-0.15, -0.1) is 0 Å². The van der Waals surface area contributed by atoms with Gasteiger partial charge in [-0.2, -0.15) is 0 Å². The number of hydrogen-bond donors (Lipinski definition) is 2. The van der Waals surface area contributed by atoms with E-state index in [-0.39, 0.29) is 6.54 Å². The lowest BCUT2D eigenvalue weighted by Gasteiger charge is -2.34. The number of nitrogens with zero attached hydrogens (tertiary/aromatic N) is 1. The predicted octanol–water partition coefficient (Wildman–Crippen LogP) is 3.37. The van der Waals surface area contributed by atoms with Crippen molar-refractivity contribution in [2.24, 2.45) is 0 Å². The highest BCUT2D eigenvalue weighted by Crippen LogP contribution is 2.26. The molecule has 0 saturated carbocycles. The minimum absolute atomic E-state index is 0.272. The third-order valence-electron chi connectivity index (χ3n) is 3.21. The zero-order valence-corrected chi connectivity index (χ0v) is 12.8. The normalized spacial score (nSPS) is 11.1. The van der Waals surface area contributed by atoms with Gasteiger partial charge in [0.05, 0.1) is 10.7 Å². The lowest BCUT2D eigenvalue weighted by Crippen LogP contribution is -2.54. The topological polar surface area (TPSA) is 69.6 Å². The summed E-state index contributed by atoms with van der Waals surface area (Å²) in [7, 11) is 0. The van der Waals surface area contributed by atoms with E-state index in [4.69, 9.17) is 11.6 Å². The van der Waals surface area contributed by atoms with Gasteiger partial charge in [0.15, 0.2) is 0 Å². The van der Waals surface area contributed by atoms with Crippen molar-refractivity contribution < 1.29 is 14.7 Å². The summed E-state index contributed by atoms with van der Waals surface area (Å²) in [6, 6.07) is 4.78. The fourth-order valence-electron chi connectivity index (χ4n) is 1.87.